The van der Waals surface area contributed by atoms with Crippen molar-refractivity contribution in [1.29, 1.82) is 0 Å². The number of piperazine rings is 1. The second-order valence-corrected chi connectivity index (χ2v) is 8.32. The normalized spacial score (nSPS) is 41.1. The van der Waals surface area contributed by atoms with Crippen LogP contribution in [0.4, 0.5) is 0 Å². The Morgan fingerprint density at radius 1 is 1.39 bits per heavy atom. The molecule has 0 aliphatic carbocycles. The average molecular weight is 274 g/mol. The summed E-state index contributed by atoms with van der Waals surface area (Å²) in [7, 11) is -2.78. The van der Waals surface area contributed by atoms with Crippen LogP contribution in [0.2, 0.25) is 0 Å². The maximum atomic E-state index is 11.7. The number of sulfone groups is 1. The second-order valence-electron chi connectivity index (χ2n) is 6.09. The average Bonchev–Trinajstić information content (AvgIpc) is 2.70. The Morgan fingerprint density at radius 2 is 2.11 bits per heavy atom. The van der Waals surface area contributed by atoms with E-state index >= 15 is 0 Å². The third-order valence-electron chi connectivity index (χ3n) is 4.69. The molecule has 4 nitrogen and oxygen atoms in total. The van der Waals surface area contributed by atoms with Crippen molar-refractivity contribution in [3.05, 3.63) is 0 Å². The minimum Gasteiger partial charge on any atom is -0.309 e. The van der Waals surface area contributed by atoms with Crippen LogP contribution in [0, 0.1) is 0 Å². The fourth-order valence-electron chi connectivity index (χ4n) is 3.15. The molecule has 0 aromatic rings. The van der Waals surface area contributed by atoms with Crippen LogP contribution in [-0.4, -0.2) is 55.5 Å². The summed E-state index contributed by atoms with van der Waals surface area (Å²) in [6.07, 6.45) is 2.99. The van der Waals surface area contributed by atoms with Gasteiger partial charge in [0.1, 0.15) is 0 Å². The van der Waals surface area contributed by atoms with E-state index in [0.717, 1.165) is 32.4 Å². The molecule has 2 aliphatic rings. The highest BCUT2D eigenvalue weighted by molar-refractivity contribution is 7.91. The van der Waals surface area contributed by atoms with Gasteiger partial charge in [-0.15, -0.1) is 0 Å². The molecular weight excluding hydrogens is 248 g/mol. The van der Waals surface area contributed by atoms with Crippen molar-refractivity contribution in [2.75, 3.05) is 24.6 Å². The van der Waals surface area contributed by atoms with Gasteiger partial charge >= 0.3 is 0 Å². The fourth-order valence-corrected chi connectivity index (χ4v) is 4.89. The van der Waals surface area contributed by atoms with Crippen LogP contribution in [-0.2, 0) is 9.84 Å². The van der Waals surface area contributed by atoms with Gasteiger partial charge in [0.05, 0.1) is 11.5 Å². The summed E-state index contributed by atoms with van der Waals surface area (Å²) < 4.78 is 23.3. The maximum absolute atomic E-state index is 11.7. The smallest absolute Gasteiger partial charge is 0.151 e. The molecule has 3 unspecified atom stereocenters. The SMILES string of the molecule is CCC1CNC(C)(CC)CN1C1CCS(=O)(=O)C1. The second kappa shape index (κ2) is 5.10. The standard InChI is InChI=1S/C13H26N2O2S/c1-4-11-8-14-13(3,5-2)10-15(11)12-6-7-18(16,17)9-12/h11-12,14H,4-10H2,1-3H3. The Bertz CT molecular complexity index is 396. The zero-order valence-electron chi connectivity index (χ0n) is 11.8. The van der Waals surface area contributed by atoms with Gasteiger partial charge in [0.15, 0.2) is 9.84 Å². The van der Waals surface area contributed by atoms with E-state index in [2.05, 4.69) is 31.0 Å². The highest BCUT2D eigenvalue weighted by Gasteiger charge is 2.41. The molecule has 0 amide bonds. The minimum atomic E-state index is -2.78. The number of hydrogen-bond acceptors (Lipinski definition) is 4. The van der Waals surface area contributed by atoms with Crippen LogP contribution in [0.15, 0.2) is 0 Å². The monoisotopic (exact) mass is 274 g/mol. The van der Waals surface area contributed by atoms with Crippen molar-refractivity contribution in [3.63, 3.8) is 0 Å². The minimum absolute atomic E-state index is 0.137. The van der Waals surface area contributed by atoms with Crippen LogP contribution < -0.4 is 5.32 Å². The molecule has 18 heavy (non-hydrogen) atoms. The first-order valence-electron chi connectivity index (χ1n) is 7.10. The van der Waals surface area contributed by atoms with Gasteiger partial charge in [-0.25, -0.2) is 8.42 Å². The Labute approximate surface area is 111 Å². The van der Waals surface area contributed by atoms with Crippen molar-refractivity contribution in [2.24, 2.45) is 0 Å². The van der Waals surface area contributed by atoms with Gasteiger partial charge in [0, 0.05) is 30.7 Å². The molecule has 0 saturated carbocycles. The predicted molar refractivity (Wildman–Crippen MR) is 74.5 cm³/mol. The quantitative estimate of drug-likeness (QED) is 0.835. The first-order valence-corrected chi connectivity index (χ1v) is 8.92. The summed E-state index contributed by atoms with van der Waals surface area (Å²) >= 11 is 0. The molecule has 0 aromatic heterocycles. The third-order valence-corrected chi connectivity index (χ3v) is 6.44. The van der Waals surface area contributed by atoms with Crippen LogP contribution in [0.5, 0.6) is 0 Å². The van der Waals surface area contributed by atoms with Crippen LogP contribution >= 0.6 is 0 Å². The molecule has 1 N–H and O–H groups in total. The first kappa shape index (κ1) is 14.3. The molecule has 3 atom stereocenters. The largest absolute Gasteiger partial charge is 0.309 e. The Hall–Kier alpha value is -0.130. The molecule has 2 saturated heterocycles. The number of rotatable bonds is 3. The van der Waals surface area contributed by atoms with E-state index in [9.17, 15) is 8.42 Å². The summed E-state index contributed by atoms with van der Waals surface area (Å²) in [6.45, 7) is 8.59. The first-order chi connectivity index (χ1) is 8.39. The lowest BCUT2D eigenvalue weighted by Gasteiger charge is -2.48. The number of nitrogens with zero attached hydrogens (tertiary/aromatic N) is 1. The number of nitrogens with one attached hydrogen (secondary N) is 1. The van der Waals surface area contributed by atoms with E-state index in [1.54, 1.807) is 0 Å². The summed E-state index contributed by atoms with van der Waals surface area (Å²) in [6, 6.07) is 0.732. The van der Waals surface area contributed by atoms with E-state index in [1.165, 1.54) is 0 Å². The molecular formula is C13H26N2O2S. The van der Waals surface area contributed by atoms with E-state index in [4.69, 9.17) is 0 Å². The van der Waals surface area contributed by atoms with Crippen molar-refractivity contribution >= 4 is 9.84 Å². The lowest BCUT2D eigenvalue weighted by atomic mass is 9.91. The summed E-state index contributed by atoms with van der Waals surface area (Å²) in [5, 5.41) is 3.63. The zero-order chi connectivity index (χ0) is 13.4. The van der Waals surface area contributed by atoms with E-state index in [1.807, 2.05) is 0 Å². The number of hydrogen-bond donors (Lipinski definition) is 1. The molecule has 2 fully saturated rings. The lowest BCUT2D eigenvalue weighted by Crippen LogP contribution is -2.64. The molecule has 2 heterocycles. The van der Waals surface area contributed by atoms with Crippen molar-refractivity contribution < 1.29 is 8.42 Å². The Balaban J connectivity index is 2.12. The molecule has 0 bridgehead atoms. The fraction of sp³-hybridized carbons (Fsp3) is 1.00. The molecule has 0 spiro atoms. The molecule has 2 rings (SSSR count). The van der Waals surface area contributed by atoms with Gasteiger partial charge in [0.25, 0.3) is 0 Å². The molecule has 5 heteroatoms. The van der Waals surface area contributed by atoms with Gasteiger partial charge in [-0.05, 0) is 26.2 Å². The van der Waals surface area contributed by atoms with E-state index in [0.29, 0.717) is 17.5 Å². The van der Waals surface area contributed by atoms with Gasteiger partial charge in [0.2, 0.25) is 0 Å². The van der Waals surface area contributed by atoms with Crippen molar-refractivity contribution in [1.82, 2.24) is 10.2 Å². The van der Waals surface area contributed by atoms with Crippen LogP contribution in [0.25, 0.3) is 0 Å². The van der Waals surface area contributed by atoms with Gasteiger partial charge < -0.3 is 5.32 Å². The van der Waals surface area contributed by atoms with Crippen molar-refractivity contribution in [2.45, 2.75) is 57.7 Å². The zero-order valence-corrected chi connectivity index (χ0v) is 12.6. The van der Waals surface area contributed by atoms with E-state index < -0.39 is 9.84 Å². The van der Waals surface area contributed by atoms with Gasteiger partial charge in [-0.3, -0.25) is 4.90 Å². The Kier molecular flexibility index (Phi) is 4.04. The van der Waals surface area contributed by atoms with Crippen LogP contribution in [0.3, 0.4) is 0 Å². The van der Waals surface area contributed by atoms with Gasteiger partial charge in [-0.2, -0.15) is 0 Å². The predicted octanol–water partition coefficient (Wildman–Crippen LogP) is 1.03. The highest BCUT2D eigenvalue weighted by atomic mass is 32.2. The lowest BCUT2D eigenvalue weighted by molar-refractivity contribution is 0.0522. The highest BCUT2D eigenvalue weighted by Crippen LogP contribution is 2.27. The van der Waals surface area contributed by atoms with E-state index in [-0.39, 0.29) is 11.6 Å². The molecule has 0 radical (unpaired) electrons. The van der Waals surface area contributed by atoms with Crippen molar-refractivity contribution in [3.8, 4) is 0 Å². The third kappa shape index (κ3) is 2.89. The molecule has 0 aromatic carbocycles. The summed E-state index contributed by atoms with van der Waals surface area (Å²) in [5.74, 6) is 0.740. The molecule has 106 valence electrons. The van der Waals surface area contributed by atoms with Gasteiger partial charge in [-0.1, -0.05) is 13.8 Å². The summed E-state index contributed by atoms with van der Waals surface area (Å²) in [4.78, 5) is 2.46. The summed E-state index contributed by atoms with van der Waals surface area (Å²) in [5.41, 5.74) is 0.137. The van der Waals surface area contributed by atoms with Crippen LogP contribution in [0.1, 0.15) is 40.0 Å². The molecule has 2 aliphatic heterocycles. The Morgan fingerprint density at radius 3 is 2.61 bits per heavy atom. The topological polar surface area (TPSA) is 49.4 Å². The maximum Gasteiger partial charge on any atom is 0.151 e.